The quantitative estimate of drug-likeness (QED) is 0.296. The van der Waals surface area contributed by atoms with Crippen molar-refractivity contribution in [2.75, 3.05) is 64.8 Å². The van der Waals surface area contributed by atoms with Crippen molar-refractivity contribution in [3.63, 3.8) is 0 Å². The van der Waals surface area contributed by atoms with Gasteiger partial charge in [-0.15, -0.1) is 0 Å². The lowest BCUT2D eigenvalue weighted by Gasteiger charge is -2.38. The molecule has 2 unspecified atom stereocenters. The highest BCUT2D eigenvalue weighted by Gasteiger charge is 2.27. The lowest BCUT2D eigenvalue weighted by Crippen LogP contribution is -2.40. The Kier molecular flexibility index (Phi) is 12.4. The van der Waals surface area contributed by atoms with Gasteiger partial charge in [-0.1, -0.05) is 50.5 Å². The number of rotatable bonds is 7. The summed E-state index contributed by atoms with van der Waals surface area (Å²) in [5.74, 6) is 1.52. The molecular weight excluding hydrogens is 555 g/mol. The van der Waals surface area contributed by atoms with E-state index in [0.717, 1.165) is 38.5 Å². The average molecular weight is 610 g/mol. The minimum absolute atomic E-state index is 0.557. The van der Waals surface area contributed by atoms with Crippen LogP contribution in [0.25, 0.3) is 0 Å². The lowest BCUT2D eigenvalue weighted by molar-refractivity contribution is 0.183. The summed E-state index contributed by atoms with van der Waals surface area (Å²) in [5, 5.41) is 0. The SMILES string of the molecule is CC1CN(Sc2ccc(N(C)C)cc2)CCCN(CC2CCCCC2)CCCN(SN2Cc3ccccc3CC2C)C1. The zero-order valence-electron chi connectivity index (χ0n) is 26.7. The van der Waals surface area contributed by atoms with Gasteiger partial charge in [0.15, 0.2) is 0 Å². The number of hydrogen-bond acceptors (Lipinski definition) is 7. The van der Waals surface area contributed by atoms with Crippen molar-refractivity contribution in [1.29, 1.82) is 0 Å². The molecule has 0 amide bonds. The van der Waals surface area contributed by atoms with Gasteiger partial charge in [0.05, 0.1) is 0 Å². The third kappa shape index (κ3) is 9.64. The van der Waals surface area contributed by atoms with E-state index in [1.54, 1.807) is 0 Å². The summed E-state index contributed by atoms with van der Waals surface area (Å²) in [4.78, 5) is 6.37. The molecule has 5 nitrogen and oxygen atoms in total. The summed E-state index contributed by atoms with van der Waals surface area (Å²) in [6.45, 7) is 14.3. The van der Waals surface area contributed by atoms with Gasteiger partial charge in [-0.2, -0.15) is 0 Å². The second-order valence-electron chi connectivity index (χ2n) is 13.4. The summed E-state index contributed by atoms with van der Waals surface area (Å²) in [6.07, 6.45) is 10.9. The highest BCUT2D eigenvalue weighted by Crippen LogP contribution is 2.32. The Hall–Kier alpha value is -1.22. The fourth-order valence-corrected chi connectivity index (χ4v) is 9.30. The van der Waals surface area contributed by atoms with E-state index in [1.807, 2.05) is 24.1 Å². The van der Waals surface area contributed by atoms with Crippen LogP contribution in [-0.4, -0.2) is 83.8 Å². The first-order valence-corrected chi connectivity index (χ1v) is 18.1. The summed E-state index contributed by atoms with van der Waals surface area (Å²) < 4.78 is 8.03. The number of anilines is 1. The van der Waals surface area contributed by atoms with Gasteiger partial charge >= 0.3 is 0 Å². The molecule has 232 valence electrons. The summed E-state index contributed by atoms with van der Waals surface area (Å²) in [7, 11) is 4.23. The first-order chi connectivity index (χ1) is 20.4. The monoisotopic (exact) mass is 609 g/mol. The Labute approximate surface area is 265 Å². The molecule has 0 bridgehead atoms. The van der Waals surface area contributed by atoms with Crippen molar-refractivity contribution in [1.82, 2.24) is 17.8 Å². The first-order valence-electron chi connectivity index (χ1n) is 16.6. The molecule has 2 aromatic carbocycles. The standard InChI is InChI=1S/C35H55N5S2/c1-29-25-38(41-35-18-16-34(17-19-35)36(3)4)22-10-20-37(27-31-12-6-5-7-13-31)21-11-23-39(26-29)42-40-28-33-15-9-8-14-32(33)24-30(40)2/h8-9,14-19,29-31H,5-7,10-13,20-28H2,1-4H3. The molecule has 42 heavy (non-hydrogen) atoms. The summed E-state index contributed by atoms with van der Waals surface area (Å²) in [6, 6.07) is 18.7. The highest BCUT2D eigenvalue weighted by molar-refractivity contribution is 7.97. The molecule has 5 rings (SSSR count). The topological polar surface area (TPSA) is 16.2 Å². The van der Waals surface area contributed by atoms with Crippen molar-refractivity contribution in [3.05, 3.63) is 59.7 Å². The van der Waals surface area contributed by atoms with E-state index in [1.165, 1.54) is 92.8 Å². The normalized spacial score (nSPS) is 25.0. The van der Waals surface area contributed by atoms with Crippen molar-refractivity contribution in [3.8, 4) is 0 Å². The maximum absolute atomic E-state index is 2.83. The van der Waals surface area contributed by atoms with Crippen LogP contribution < -0.4 is 4.90 Å². The number of nitrogens with zero attached hydrogens (tertiary/aromatic N) is 5. The third-order valence-corrected chi connectivity index (χ3v) is 11.6. The van der Waals surface area contributed by atoms with E-state index in [9.17, 15) is 0 Å². The molecular formula is C35H55N5S2. The molecule has 0 spiro atoms. The average Bonchev–Trinajstić information content (AvgIpc) is 2.97. The van der Waals surface area contributed by atoms with Crippen LogP contribution in [0.5, 0.6) is 0 Å². The molecule has 2 fully saturated rings. The highest BCUT2D eigenvalue weighted by atomic mass is 32.2. The van der Waals surface area contributed by atoms with Gasteiger partial charge in [0, 0.05) is 82.1 Å². The van der Waals surface area contributed by atoms with E-state index in [0.29, 0.717) is 12.0 Å². The van der Waals surface area contributed by atoms with E-state index in [2.05, 4.69) is 99.2 Å². The summed E-state index contributed by atoms with van der Waals surface area (Å²) >= 11 is 4.00. The van der Waals surface area contributed by atoms with Crippen LogP contribution in [0.2, 0.25) is 0 Å². The molecule has 3 aliphatic rings. The minimum Gasteiger partial charge on any atom is -0.378 e. The molecule has 2 heterocycles. The second-order valence-corrected chi connectivity index (χ2v) is 15.7. The van der Waals surface area contributed by atoms with Crippen molar-refractivity contribution >= 4 is 29.8 Å². The summed E-state index contributed by atoms with van der Waals surface area (Å²) in [5.41, 5.74) is 4.31. The van der Waals surface area contributed by atoms with E-state index in [-0.39, 0.29) is 0 Å². The van der Waals surface area contributed by atoms with Gasteiger partial charge in [-0.3, -0.25) is 0 Å². The second kappa shape index (κ2) is 16.2. The largest absolute Gasteiger partial charge is 0.378 e. The van der Waals surface area contributed by atoms with E-state index >= 15 is 0 Å². The van der Waals surface area contributed by atoms with Crippen molar-refractivity contribution in [2.24, 2.45) is 11.8 Å². The Morgan fingerprint density at radius 1 is 0.762 bits per heavy atom. The Morgan fingerprint density at radius 3 is 2.14 bits per heavy atom. The maximum atomic E-state index is 2.83. The smallest absolute Gasteiger partial charge is 0.0361 e. The van der Waals surface area contributed by atoms with Crippen LogP contribution in [0.15, 0.2) is 53.4 Å². The molecule has 1 saturated heterocycles. The lowest BCUT2D eigenvalue weighted by atomic mass is 9.89. The van der Waals surface area contributed by atoms with Crippen LogP contribution >= 0.6 is 24.1 Å². The van der Waals surface area contributed by atoms with E-state index < -0.39 is 0 Å². The number of hydrogen-bond donors (Lipinski definition) is 0. The number of benzene rings is 2. The Morgan fingerprint density at radius 2 is 1.43 bits per heavy atom. The van der Waals surface area contributed by atoms with Gasteiger partial charge in [-0.05, 0) is 111 Å². The van der Waals surface area contributed by atoms with Gasteiger partial charge in [0.2, 0.25) is 0 Å². The molecule has 1 aliphatic carbocycles. The van der Waals surface area contributed by atoms with Crippen LogP contribution in [0, 0.1) is 11.8 Å². The molecule has 2 atom stereocenters. The number of fused-ring (bicyclic) bond motifs is 1. The first kappa shape index (κ1) is 32.2. The van der Waals surface area contributed by atoms with Gasteiger partial charge in [0.1, 0.15) is 0 Å². The molecule has 1 saturated carbocycles. The Bertz CT molecular complexity index is 1070. The van der Waals surface area contributed by atoms with Gasteiger partial charge in [0.25, 0.3) is 0 Å². The predicted octanol–water partition coefficient (Wildman–Crippen LogP) is 7.69. The molecule has 2 aliphatic heterocycles. The fraction of sp³-hybridized carbons (Fsp3) is 0.657. The van der Waals surface area contributed by atoms with E-state index in [4.69, 9.17) is 0 Å². The van der Waals surface area contributed by atoms with Crippen molar-refractivity contribution < 1.29 is 0 Å². The predicted molar refractivity (Wildman–Crippen MR) is 184 cm³/mol. The van der Waals surface area contributed by atoms with Crippen molar-refractivity contribution in [2.45, 2.75) is 82.7 Å². The van der Waals surface area contributed by atoms with Crippen LogP contribution in [0.3, 0.4) is 0 Å². The zero-order valence-corrected chi connectivity index (χ0v) is 28.4. The molecule has 7 heteroatoms. The maximum Gasteiger partial charge on any atom is 0.0361 e. The van der Waals surface area contributed by atoms with Crippen LogP contribution in [-0.2, 0) is 13.0 Å². The third-order valence-electron chi connectivity index (χ3n) is 9.29. The molecule has 0 N–H and O–H groups in total. The van der Waals surface area contributed by atoms with Crippen LogP contribution in [0.4, 0.5) is 5.69 Å². The van der Waals surface area contributed by atoms with Gasteiger partial charge in [-0.25, -0.2) is 12.9 Å². The molecule has 0 radical (unpaired) electrons. The van der Waals surface area contributed by atoms with Gasteiger partial charge < -0.3 is 9.80 Å². The van der Waals surface area contributed by atoms with Crippen LogP contribution in [0.1, 0.15) is 69.9 Å². The molecule has 0 aromatic heterocycles. The zero-order chi connectivity index (χ0) is 29.3. The fourth-order valence-electron chi connectivity index (χ4n) is 6.93. The Balaban J connectivity index is 1.27. The minimum atomic E-state index is 0.557. The molecule has 2 aromatic rings.